The topological polar surface area (TPSA) is 48.5 Å². The van der Waals surface area contributed by atoms with E-state index >= 15 is 0 Å². The summed E-state index contributed by atoms with van der Waals surface area (Å²) in [5, 5.41) is 3.17. The average Bonchev–Trinajstić information content (AvgIpc) is 2.65. The predicted molar refractivity (Wildman–Crippen MR) is 97.5 cm³/mol. The Kier molecular flexibility index (Phi) is 5.71. The summed E-state index contributed by atoms with van der Waals surface area (Å²) in [5.41, 5.74) is 0.708. The fourth-order valence-electron chi connectivity index (χ4n) is 2.80. The zero-order valence-corrected chi connectivity index (χ0v) is 14.5. The third-order valence-electron chi connectivity index (χ3n) is 4.19. The lowest BCUT2D eigenvalue weighted by atomic mass is 10.2. The van der Waals surface area contributed by atoms with E-state index in [4.69, 9.17) is 11.6 Å². The summed E-state index contributed by atoms with van der Waals surface area (Å²) in [7, 11) is 0. The van der Waals surface area contributed by atoms with Gasteiger partial charge in [0.05, 0.1) is 5.02 Å². The van der Waals surface area contributed by atoms with Crippen LogP contribution in [-0.2, 0) is 4.79 Å². The molecule has 0 saturated carbocycles. The van der Waals surface area contributed by atoms with Gasteiger partial charge in [-0.2, -0.15) is 0 Å². The monoisotopic (exact) mass is 362 g/mol. The molecular weight excluding hydrogens is 343 g/mol. The Bertz CT molecular complexity index is 720. The first-order chi connectivity index (χ1) is 12.1. The first-order valence-electron chi connectivity index (χ1n) is 8.26. The number of nitrogens with one attached hydrogen (secondary N) is 1. The quantitative estimate of drug-likeness (QED) is 0.888. The number of anilines is 2. The second-order valence-electron chi connectivity index (χ2n) is 5.86. The summed E-state index contributed by atoms with van der Waals surface area (Å²) >= 11 is 5.74. The zero-order valence-electron chi connectivity index (χ0n) is 13.8. The number of benzene rings is 1. The molecule has 1 N–H and O–H groups in total. The Labute approximate surface area is 151 Å². The van der Waals surface area contributed by atoms with Crippen LogP contribution in [0.4, 0.5) is 15.9 Å². The Balaban J connectivity index is 1.43. The molecule has 7 heteroatoms. The number of halogens is 2. The summed E-state index contributed by atoms with van der Waals surface area (Å²) in [6.07, 6.45) is 2.17. The van der Waals surface area contributed by atoms with E-state index in [0.717, 1.165) is 18.9 Å². The highest BCUT2D eigenvalue weighted by atomic mass is 35.5. The van der Waals surface area contributed by atoms with E-state index in [0.29, 0.717) is 31.7 Å². The van der Waals surface area contributed by atoms with E-state index < -0.39 is 5.82 Å². The van der Waals surface area contributed by atoms with Crippen LogP contribution in [0.25, 0.3) is 0 Å². The van der Waals surface area contributed by atoms with Crippen LogP contribution in [0.1, 0.15) is 6.42 Å². The van der Waals surface area contributed by atoms with Gasteiger partial charge in [0, 0.05) is 51.0 Å². The smallest absolute Gasteiger partial charge is 0.224 e. The van der Waals surface area contributed by atoms with Crippen molar-refractivity contribution in [1.82, 2.24) is 9.88 Å². The van der Waals surface area contributed by atoms with Gasteiger partial charge in [-0.3, -0.25) is 4.79 Å². The molecule has 3 rings (SSSR count). The van der Waals surface area contributed by atoms with Gasteiger partial charge in [0.2, 0.25) is 5.91 Å². The Morgan fingerprint density at radius 1 is 1.20 bits per heavy atom. The van der Waals surface area contributed by atoms with E-state index in [1.54, 1.807) is 12.3 Å². The molecule has 1 amide bonds. The second kappa shape index (κ2) is 8.16. The Hall–Kier alpha value is -2.34. The molecule has 5 nitrogen and oxygen atoms in total. The number of aromatic nitrogens is 1. The van der Waals surface area contributed by atoms with Gasteiger partial charge in [-0.25, -0.2) is 9.37 Å². The van der Waals surface area contributed by atoms with Crippen LogP contribution in [-0.4, -0.2) is 48.5 Å². The van der Waals surface area contributed by atoms with Crippen molar-refractivity contribution in [2.45, 2.75) is 6.42 Å². The van der Waals surface area contributed by atoms with Gasteiger partial charge in [-0.1, -0.05) is 17.7 Å². The van der Waals surface area contributed by atoms with E-state index in [9.17, 15) is 9.18 Å². The molecule has 0 radical (unpaired) electrons. The molecule has 1 aromatic carbocycles. The highest BCUT2D eigenvalue weighted by Crippen LogP contribution is 2.19. The van der Waals surface area contributed by atoms with Crippen LogP contribution in [0, 0.1) is 5.82 Å². The van der Waals surface area contributed by atoms with Gasteiger partial charge in [-0.15, -0.1) is 0 Å². The number of hydrogen-bond donors (Lipinski definition) is 1. The van der Waals surface area contributed by atoms with Crippen LogP contribution in [0.3, 0.4) is 0 Å². The molecule has 0 atom stereocenters. The minimum atomic E-state index is -0.450. The molecule has 0 bridgehead atoms. The van der Waals surface area contributed by atoms with Crippen LogP contribution >= 0.6 is 11.6 Å². The van der Waals surface area contributed by atoms with Crippen LogP contribution in [0.5, 0.6) is 0 Å². The minimum Gasteiger partial charge on any atom is -0.384 e. The molecule has 0 spiro atoms. The number of carbonyl (C=O) groups excluding carboxylic acids is 1. The fraction of sp³-hybridized carbons (Fsp3) is 0.333. The van der Waals surface area contributed by atoms with E-state index in [-0.39, 0.29) is 10.9 Å². The number of amides is 1. The highest BCUT2D eigenvalue weighted by Gasteiger charge is 2.21. The normalized spacial score (nSPS) is 14.5. The van der Waals surface area contributed by atoms with E-state index in [1.165, 1.54) is 12.1 Å². The third-order valence-corrected chi connectivity index (χ3v) is 4.48. The molecule has 1 aromatic heterocycles. The van der Waals surface area contributed by atoms with Crippen molar-refractivity contribution in [2.75, 3.05) is 42.9 Å². The molecule has 2 aromatic rings. The summed E-state index contributed by atoms with van der Waals surface area (Å²) in [6, 6.07) is 10.3. The van der Waals surface area contributed by atoms with Crippen LogP contribution < -0.4 is 10.2 Å². The number of nitrogens with zero attached hydrogens (tertiary/aromatic N) is 3. The molecule has 1 saturated heterocycles. The lowest BCUT2D eigenvalue weighted by molar-refractivity contribution is -0.131. The van der Waals surface area contributed by atoms with Crippen LogP contribution in [0.2, 0.25) is 5.02 Å². The van der Waals surface area contributed by atoms with Crippen molar-refractivity contribution < 1.29 is 9.18 Å². The number of piperazine rings is 1. The van der Waals surface area contributed by atoms with E-state index in [2.05, 4.69) is 15.2 Å². The van der Waals surface area contributed by atoms with Gasteiger partial charge < -0.3 is 15.1 Å². The highest BCUT2D eigenvalue weighted by molar-refractivity contribution is 6.31. The molecule has 1 fully saturated rings. The first kappa shape index (κ1) is 17.5. The number of rotatable bonds is 5. The summed E-state index contributed by atoms with van der Waals surface area (Å²) in [6.45, 7) is 3.43. The standard InChI is InChI=1S/C18H20ClFN4O/c19-15-13-14(4-5-16(15)20)21-8-6-18(25)24-11-9-23(10-12-24)17-3-1-2-7-22-17/h1-5,7,13,21H,6,8-12H2. The summed E-state index contributed by atoms with van der Waals surface area (Å²) in [5.74, 6) is 0.611. The van der Waals surface area contributed by atoms with Gasteiger partial charge in [-0.05, 0) is 30.3 Å². The first-order valence-corrected chi connectivity index (χ1v) is 8.64. The molecule has 25 heavy (non-hydrogen) atoms. The maximum atomic E-state index is 13.1. The van der Waals surface area contributed by atoms with Crippen LogP contribution in [0.15, 0.2) is 42.6 Å². The van der Waals surface area contributed by atoms with Crippen molar-refractivity contribution in [3.63, 3.8) is 0 Å². The van der Waals surface area contributed by atoms with Crippen molar-refractivity contribution in [3.8, 4) is 0 Å². The van der Waals surface area contributed by atoms with Crippen molar-refractivity contribution >= 4 is 29.0 Å². The Morgan fingerprint density at radius 3 is 2.68 bits per heavy atom. The number of pyridine rings is 1. The average molecular weight is 363 g/mol. The van der Waals surface area contributed by atoms with Crippen molar-refractivity contribution in [2.24, 2.45) is 0 Å². The molecule has 1 aliphatic heterocycles. The number of carbonyl (C=O) groups is 1. The second-order valence-corrected chi connectivity index (χ2v) is 6.27. The van der Waals surface area contributed by atoms with Gasteiger partial charge in [0.25, 0.3) is 0 Å². The van der Waals surface area contributed by atoms with Crippen molar-refractivity contribution in [3.05, 3.63) is 53.4 Å². The lowest BCUT2D eigenvalue weighted by Crippen LogP contribution is -2.49. The molecule has 0 aliphatic carbocycles. The van der Waals surface area contributed by atoms with Gasteiger partial charge in [0.15, 0.2) is 0 Å². The summed E-state index contributed by atoms with van der Waals surface area (Å²) < 4.78 is 13.1. The fourth-order valence-corrected chi connectivity index (χ4v) is 2.98. The SMILES string of the molecule is O=C(CCNc1ccc(F)c(Cl)c1)N1CCN(c2ccccn2)CC1. The Morgan fingerprint density at radius 2 is 2.00 bits per heavy atom. The molecule has 2 heterocycles. The predicted octanol–water partition coefficient (Wildman–Crippen LogP) is 3.02. The molecule has 132 valence electrons. The molecule has 0 unspecified atom stereocenters. The maximum absolute atomic E-state index is 13.1. The molecular formula is C18H20ClFN4O. The van der Waals surface area contributed by atoms with Gasteiger partial charge in [0.1, 0.15) is 11.6 Å². The van der Waals surface area contributed by atoms with Gasteiger partial charge >= 0.3 is 0 Å². The largest absolute Gasteiger partial charge is 0.384 e. The zero-order chi connectivity index (χ0) is 17.6. The lowest BCUT2D eigenvalue weighted by Gasteiger charge is -2.35. The molecule has 1 aliphatic rings. The number of hydrogen-bond acceptors (Lipinski definition) is 4. The maximum Gasteiger partial charge on any atom is 0.224 e. The minimum absolute atomic E-state index is 0.0713. The third kappa shape index (κ3) is 4.60. The van der Waals surface area contributed by atoms with Crippen molar-refractivity contribution in [1.29, 1.82) is 0 Å². The van der Waals surface area contributed by atoms with E-state index in [1.807, 2.05) is 23.1 Å². The summed E-state index contributed by atoms with van der Waals surface area (Å²) in [4.78, 5) is 20.7.